The fraction of sp³-hybridized carbons (Fsp3) is 0.217. The van der Waals surface area contributed by atoms with Gasteiger partial charge in [-0.2, -0.15) is 13.2 Å². The van der Waals surface area contributed by atoms with Crippen molar-refractivity contribution in [2.24, 2.45) is 0 Å². The first kappa shape index (κ1) is 19.8. The summed E-state index contributed by atoms with van der Waals surface area (Å²) in [6, 6.07) is 9.20. The van der Waals surface area contributed by atoms with E-state index in [0.29, 0.717) is 11.1 Å². The van der Waals surface area contributed by atoms with E-state index in [1.165, 1.54) is 40.0 Å². The third-order valence-electron chi connectivity index (χ3n) is 6.45. The molecule has 1 amide bonds. The molecule has 33 heavy (non-hydrogen) atoms. The molecule has 1 aromatic carbocycles. The molecule has 3 aromatic heterocycles. The van der Waals surface area contributed by atoms with Gasteiger partial charge in [0.2, 0.25) is 11.7 Å². The van der Waals surface area contributed by atoms with Crippen LogP contribution in [-0.4, -0.2) is 10.5 Å². The zero-order valence-corrected chi connectivity index (χ0v) is 16.8. The Morgan fingerprint density at radius 2 is 1.91 bits per heavy atom. The standard InChI is InChI=1S/C23H14F4N2O4/c24-14-2-1-3-15-19(14)22(7-8-28-17(22)10-16-13(20(28)30)6-9-32-16)21(31)29(15)11-12-4-5-18(33-12)23(25,26)27/h1-6,9-10H,7-8,11H2. The number of carbonyl (C=O) groups excluding carboxylic acids is 1. The summed E-state index contributed by atoms with van der Waals surface area (Å²) < 4.78 is 65.8. The quantitative estimate of drug-likeness (QED) is 0.413. The average molecular weight is 458 g/mol. The Kier molecular flexibility index (Phi) is 3.83. The second-order valence-electron chi connectivity index (χ2n) is 8.13. The minimum Gasteiger partial charge on any atom is -0.464 e. The van der Waals surface area contributed by atoms with Crippen LogP contribution in [-0.2, 0) is 29.5 Å². The lowest BCUT2D eigenvalue weighted by atomic mass is 9.77. The molecule has 2 aliphatic rings. The molecule has 2 aliphatic heterocycles. The van der Waals surface area contributed by atoms with Gasteiger partial charge in [0.1, 0.15) is 22.6 Å². The molecule has 0 saturated heterocycles. The van der Waals surface area contributed by atoms with E-state index in [4.69, 9.17) is 8.83 Å². The first-order chi connectivity index (χ1) is 15.7. The van der Waals surface area contributed by atoms with Gasteiger partial charge in [0.05, 0.1) is 23.9 Å². The van der Waals surface area contributed by atoms with Crippen LogP contribution >= 0.6 is 0 Å². The number of aromatic nitrogens is 1. The molecule has 0 fully saturated rings. The number of hydrogen-bond donors (Lipinski definition) is 0. The number of amides is 1. The van der Waals surface area contributed by atoms with Crippen LogP contribution in [0.2, 0.25) is 0 Å². The van der Waals surface area contributed by atoms with Gasteiger partial charge in [0.15, 0.2) is 0 Å². The second kappa shape index (κ2) is 6.37. The van der Waals surface area contributed by atoms with Crippen molar-refractivity contribution in [1.29, 1.82) is 0 Å². The number of furan rings is 2. The van der Waals surface area contributed by atoms with Crippen molar-refractivity contribution in [3.05, 3.63) is 87.7 Å². The van der Waals surface area contributed by atoms with Gasteiger partial charge in [0, 0.05) is 23.9 Å². The van der Waals surface area contributed by atoms with Gasteiger partial charge in [-0.1, -0.05) is 6.07 Å². The number of halogens is 4. The molecule has 0 radical (unpaired) electrons. The van der Waals surface area contributed by atoms with Crippen molar-refractivity contribution in [3.63, 3.8) is 0 Å². The zero-order valence-electron chi connectivity index (χ0n) is 16.8. The largest absolute Gasteiger partial charge is 0.464 e. The van der Waals surface area contributed by atoms with Crippen molar-refractivity contribution in [3.8, 4) is 0 Å². The van der Waals surface area contributed by atoms with Crippen molar-refractivity contribution in [2.75, 3.05) is 4.90 Å². The molecular formula is C23H14F4N2O4. The molecular weight excluding hydrogens is 444 g/mol. The van der Waals surface area contributed by atoms with E-state index >= 15 is 4.39 Å². The maximum atomic E-state index is 15.2. The third-order valence-corrected chi connectivity index (χ3v) is 6.45. The number of nitrogens with zero attached hydrogens (tertiary/aromatic N) is 2. The lowest BCUT2D eigenvalue weighted by molar-refractivity contribution is -0.153. The van der Waals surface area contributed by atoms with Gasteiger partial charge in [-0.3, -0.25) is 9.59 Å². The molecule has 1 unspecified atom stereocenters. The van der Waals surface area contributed by atoms with E-state index in [9.17, 15) is 22.8 Å². The molecule has 5 heterocycles. The molecule has 1 atom stereocenters. The van der Waals surface area contributed by atoms with E-state index in [0.717, 1.165) is 12.1 Å². The Hall–Kier alpha value is -3.82. The van der Waals surface area contributed by atoms with Gasteiger partial charge in [-0.25, -0.2) is 4.39 Å². The number of hydrogen-bond acceptors (Lipinski definition) is 4. The van der Waals surface area contributed by atoms with Crippen molar-refractivity contribution in [1.82, 2.24) is 4.57 Å². The highest BCUT2D eigenvalue weighted by Gasteiger charge is 2.57. The minimum absolute atomic E-state index is 0.0918. The van der Waals surface area contributed by atoms with E-state index in [2.05, 4.69) is 0 Å². The van der Waals surface area contributed by atoms with Crippen LogP contribution in [0.5, 0.6) is 0 Å². The number of anilines is 1. The minimum atomic E-state index is -4.67. The Labute approximate surface area is 182 Å². The second-order valence-corrected chi connectivity index (χ2v) is 8.13. The zero-order chi connectivity index (χ0) is 23.1. The molecule has 0 aliphatic carbocycles. The monoisotopic (exact) mass is 458 g/mol. The van der Waals surface area contributed by atoms with Gasteiger partial charge in [0.25, 0.3) is 5.56 Å². The van der Waals surface area contributed by atoms with E-state index < -0.39 is 29.1 Å². The van der Waals surface area contributed by atoms with Crippen LogP contribution in [0.1, 0.15) is 29.2 Å². The summed E-state index contributed by atoms with van der Waals surface area (Å²) in [5.41, 5.74) is -0.959. The number of rotatable bonds is 2. The van der Waals surface area contributed by atoms with Crippen molar-refractivity contribution in [2.45, 2.75) is 31.1 Å². The van der Waals surface area contributed by atoms with E-state index in [1.54, 1.807) is 6.07 Å². The molecule has 0 saturated carbocycles. The molecule has 6 nitrogen and oxygen atoms in total. The van der Waals surface area contributed by atoms with Gasteiger partial charge in [-0.15, -0.1) is 0 Å². The predicted octanol–water partition coefficient (Wildman–Crippen LogP) is 4.58. The molecule has 0 bridgehead atoms. The number of carbonyl (C=O) groups is 1. The third kappa shape index (κ3) is 2.54. The van der Waals surface area contributed by atoms with Crippen LogP contribution < -0.4 is 10.5 Å². The number of fused-ring (bicyclic) bond motifs is 5. The summed E-state index contributed by atoms with van der Waals surface area (Å²) in [6.45, 7) is -0.137. The van der Waals surface area contributed by atoms with Crippen LogP contribution in [0.15, 0.2) is 62.4 Å². The molecule has 10 heteroatoms. The molecule has 168 valence electrons. The van der Waals surface area contributed by atoms with Crippen LogP contribution in [0.4, 0.5) is 23.2 Å². The van der Waals surface area contributed by atoms with Crippen LogP contribution in [0.3, 0.4) is 0 Å². The highest BCUT2D eigenvalue weighted by Crippen LogP contribution is 2.52. The highest BCUT2D eigenvalue weighted by atomic mass is 19.4. The molecule has 1 spiro atoms. The van der Waals surface area contributed by atoms with Crippen molar-refractivity contribution >= 4 is 22.6 Å². The highest BCUT2D eigenvalue weighted by molar-refractivity contribution is 6.10. The lowest BCUT2D eigenvalue weighted by Gasteiger charge is -2.24. The number of alkyl halides is 3. The molecule has 4 aromatic rings. The smallest absolute Gasteiger partial charge is 0.449 e. The fourth-order valence-electron chi connectivity index (χ4n) is 5.05. The fourth-order valence-corrected chi connectivity index (χ4v) is 5.05. The lowest BCUT2D eigenvalue weighted by Crippen LogP contribution is -2.40. The SMILES string of the molecule is O=C1N(Cc2ccc(C(F)(F)F)o2)c2cccc(F)c2C12CCn1c2cc2occc2c1=O. The Morgan fingerprint density at radius 1 is 1.09 bits per heavy atom. The first-order valence-electron chi connectivity index (χ1n) is 10.1. The van der Waals surface area contributed by atoms with Crippen molar-refractivity contribution < 1.29 is 31.2 Å². The summed E-state index contributed by atoms with van der Waals surface area (Å²) in [7, 11) is 0. The maximum absolute atomic E-state index is 15.2. The number of benzene rings is 1. The first-order valence-corrected chi connectivity index (χ1v) is 10.1. The summed E-state index contributed by atoms with van der Waals surface area (Å²) in [6.07, 6.45) is -3.18. The van der Waals surface area contributed by atoms with Gasteiger partial charge < -0.3 is 18.3 Å². The molecule has 0 N–H and O–H groups in total. The molecule has 6 rings (SSSR count). The Bertz CT molecular complexity index is 1510. The predicted molar refractivity (Wildman–Crippen MR) is 107 cm³/mol. The Balaban J connectivity index is 1.53. The van der Waals surface area contributed by atoms with Crippen LogP contribution in [0.25, 0.3) is 11.0 Å². The summed E-state index contributed by atoms with van der Waals surface area (Å²) >= 11 is 0. The van der Waals surface area contributed by atoms with Crippen LogP contribution in [0, 0.1) is 5.82 Å². The topological polar surface area (TPSA) is 68.6 Å². The number of pyridine rings is 1. The summed E-state index contributed by atoms with van der Waals surface area (Å²) in [5.74, 6) is -2.46. The van der Waals surface area contributed by atoms with E-state index in [1.807, 2.05) is 0 Å². The summed E-state index contributed by atoms with van der Waals surface area (Å²) in [4.78, 5) is 28.0. The normalized spacial score (nSPS) is 19.6. The summed E-state index contributed by atoms with van der Waals surface area (Å²) in [5, 5.41) is 0.349. The maximum Gasteiger partial charge on any atom is 0.449 e. The van der Waals surface area contributed by atoms with Gasteiger partial charge in [-0.05, 0) is 36.8 Å². The van der Waals surface area contributed by atoms with E-state index in [-0.39, 0.29) is 47.7 Å². The Morgan fingerprint density at radius 3 is 2.67 bits per heavy atom. The van der Waals surface area contributed by atoms with Gasteiger partial charge >= 0.3 is 6.18 Å². The average Bonchev–Trinajstić information content (AvgIpc) is 3.53.